The third-order valence-corrected chi connectivity index (χ3v) is 5.13. The molecule has 0 atom stereocenters. The van der Waals surface area contributed by atoms with Crippen molar-refractivity contribution >= 4 is 29.7 Å². The summed E-state index contributed by atoms with van der Waals surface area (Å²) in [6.45, 7) is 7.66. The van der Waals surface area contributed by atoms with Crippen molar-refractivity contribution in [2.45, 2.75) is 53.4 Å². The number of carbonyl (C=O) groups is 5. The molecule has 0 aliphatic heterocycles. The normalized spacial score (nSPS) is 10.6. The van der Waals surface area contributed by atoms with Crippen molar-refractivity contribution in [3.8, 4) is 0 Å². The summed E-state index contributed by atoms with van der Waals surface area (Å²) in [6, 6.07) is 7.13. The number of hydrogen-bond acceptors (Lipinski definition) is 13. The third-order valence-electron chi connectivity index (χ3n) is 5.13. The quantitative estimate of drug-likeness (QED) is 0.0998. The van der Waals surface area contributed by atoms with Gasteiger partial charge in [0.05, 0.1) is 48.7 Å². The second-order valence-corrected chi connectivity index (χ2v) is 8.62. The summed E-state index contributed by atoms with van der Waals surface area (Å²) >= 11 is 0. The Morgan fingerprint density at radius 1 is 0.452 bits per heavy atom. The number of carbonyl (C=O) groups excluding carboxylic acids is 5. The molecule has 2 rings (SSSR count). The topological polar surface area (TPSA) is 159 Å². The summed E-state index contributed by atoms with van der Waals surface area (Å²) in [5.41, 5.74) is -1.27. The molecule has 0 spiro atoms. The van der Waals surface area contributed by atoms with Crippen molar-refractivity contribution in [2.75, 3.05) is 26.4 Å². The van der Waals surface area contributed by atoms with Crippen LogP contribution in [0.5, 0.6) is 0 Å². The van der Waals surface area contributed by atoms with E-state index in [1.807, 2.05) is 0 Å². The summed E-state index contributed by atoms with van der Waals surface area (Å²) in [4.78, 5) is 102. The smallest absolute Gasteiger partial charge is 0.293 e. The van der Waals surface area contributed by atoms with E-state index < -0.39 is 29.7 Å². The van der Waals surface area contributed by atoms with Crippen LogP contribution in [0.15, 0.2) is 36.4 Å². The summed E-state index contributed by atoms with van der Waals surface area (Å²) in [5, 5.41) is 0. The van der Waals surface area contributed by atoms with E-state index in [9.17, 15) is 24.0 Å². The van der Waals surface area contributed by atoms with Crippen LogP contribution >= 0.6 is 0 Å². The van der Waals surface area contributed by atoms with Gasteiger partial charge in [-0.25, -0.2) is 19.2 Å². The Kier molecular flexibility index (Phi) is 14.8. The molecular formula is C29H34O13. The van der Waals surface area contributed by atoms with Gasteiger partial charge in [0.2, 0.25) is 0 Å². The average Bonchev–Trinajstić information content (AvgIpc) is 3.00. The Balaban J connectivity index is 2.47. The zero-order chi connectivity index (χ0) is 30.9. The Hall–Kier alpha value is -4.17. The van der Waals surface area contributed by atoms with Crippen LogP contribution in [0.3, 0.4) is 0 Å². The molecule has 0 unspecified atom stereocenters. The van der Waals surface area contributed by atoms with Crippen molar-refractivity contribution < 1.29 is 63.1 Å². The van der Waals surface area contributed by atoms with Crippen molar-refractivity contribution in [2.24, 2.45) is 0 Å². The number of rotatable bonds is 18. The van der Waals surface area contributed by atoms with Crippen LogP contribution in [0.2, 0.25) is 0 Å². The van der Waals surface area contributed by atoms with Crippen LogP contribution < -0.4 is 0 Å². The van der Waals surface area contributed by atoms with Crippen molar-refractivity contribution in [3.63, 3.8) is 0 Å². The van der Waals surface area contributed by atoms with Crippen LogP contribution in [-0.4, -0.2) is 56.1 Å². The Morgan fingerprint density at radius 3 is 1.02 bits per heavy atom. The van der Waals surface area contributed by atoms with Gasteiger partial charge in [-0.3, -0.25) is 24.3 Å². The van der Waals surface area contributed by atoms with Gasteiger partial charge in [-0.1, -0.05) is 39.8 Å². The summed E-state index contributed by atoms with van der Waals surface area (Å²) in [6.07, 6.45) is 2.24. The molecule has 0 aliphatic rings. The molecule has 0 heterocycles. The highest BCUT2D eigenvalue weighted by Crippen LogP contribution is 2.22. The molecule has 13 heteroatoms. The van der Waals surface area contributed by atoms with E-state index in [0.717, 1.165) is 12.1 Å². The summed E-state index contributed by atoms with van der Waals surface area (Å²) in [5.74, 6) is -4.76. The highest BCUT2D eigenvalue weighted by molar-refractivity contribution is 6.13. The molecule has 0 fully saturated rings. The minimum atomic E-state index is -1.05. The molecule has 0 aliphatic carbocycles. The van der Waals surface area contributed by atoms with E-state index >= 15 is 0 Å². The lowest BCUT2D eigenvalue weighted by atomic mass is 9.95. The number of benzene rings is 2. The standard InChI is InChI=1S/C29H34O13/c1-5-13-35-39-26(31)21-11-9-19(17-23(21)28(33)41-37-15-7-3)25(30)20-10-12-22(27(32)40-36-14-6-2)24(18-20)29(34)42-38-16-8-4/h9-12,17-18H,5-8,13-16H2,1-4H3. The van der Waals surface area contributed by atoms with Crippen molar-refractivity contribution in [3.05, 3.63) is 69.8 Å². The molecule has 13 nitrogen and oxygen atoms in total. The fourth-order valence-corrected chi connectivity index (χ4v) is 3.13. The maximum absolute atomic E-state index is 13.5. The predicted octanol–water partition coefficient (Wildman–Crippen LogP) is 4.91. The molecular weight excluding hydrogens is 556 g/mol. The predicted molar refractivity (Wildman–Crippen MR) is 143 cm³/mol. The summed E-state index contributed by atoms with van der Waals surface area (Å²) in [7, 11) is 0. The molecule has 0 saturated carbocycles. The molecule has 0 amide bonds. The highest BCUT2D eigenvalue weighted by atomic mass is 17.2. The molecule has 2 aromatic carbocycles. The molecule has 228 valence electrons. The van der Waals surface area contributed by atoms with Crippen LogP contribution in [-0.2, 0) is 39.1 Å². The van der Waals surface area contributed by atoms with Gasteiger partial charge >= 0.3 is 23.9 Å². The minimum absolute atomic E-state index is 0.0633. The number of ketones is 1. The molecule has 0 aromatic heterocycles. The van der Waals surface area contributed by atoms with Gasteiger partial charge in [0.1, 0.15) is 0 Å². The van der Waals surface area contributed by atoms with Gasteiger partial charge in [-0.05, 0) is 49.9 Å². The second kappa shape index (κ2) is 18.3. The maximum atomic E-state index is 13.5. The Labute approximate surface area is 242 Å². The molecule has 2 aromatic rings. The van der Waals surface area contributed by atoms with E-state index in [-0.39, 0.29) is 59.8 Å². The van der Waals surface area contributed by atoms with Gasteiger partial charge in [0.15, 0.2) is 5.78 Å². The van der Waals surface area contributed by atoms with E-state index in [1.165, 1.54) is 24.3 Å². The van der Waals surface area contributed by atoms with E-state index in [0.29, 0.717) is 25.7 Å². The summed E-state index contributed by atoms with van der Waals surface area (Å²) < 4.78 is 0. The molecule has 42 heavy (non-hydrogen) atoms. The second-order valence-electron chi connectivity index (χ2n) is 8.62. The minimum Gasteiger partial charge on any atom is -0.293 e. The third kappa shape index (κ3) is 10.0. The van der Waals surface area contributed by atoms with E-state index in [4.69, 9.17) is 39.1 Å². The lowest BCUT2D eigenvalue weighted by Crippen LogP contribution is -2.18. The van der Waals surface area contributed by atoms with Gasteiger partial charge in [-0.15, -0.1) is 0 Å². The first-order valence-electron chi connectivity index (χ1n) is 13.5. The zero-order valence-electron chi connectivity index (χ0n) is 23.9. The van der Waals surface area contributed by atoms with Gasteiger partial charge < -0.3 is 0 Å². The molecule has 0 radical (unpaired) electrons. The van der Waals surface area contributed by atoms with E-state index in [1.54, 1.807) is 27.7 Å². The van der Waals surface area contributed by atoms with Crippen LogP contribution in [0.1, 0.15) is 111 Å². The van der Waals surface area contributed by atoms with Crippen LogP contribution in [0, 0.1) is 0 Å². The lowest BCUT2D eigenvalue weighted by Gasteiger charge is -2.12. The highest BCUT2D eigenvalue weighted by Gasteiger charge is 2.26. The van der Waals surface area contributed by atoms with Gasteiger partial charge in [-0.2, -0.15) is 19.6 Å². The zero-order valence-corrected chi connectivity index (χ0v) is 23.9. The first-order chi connectivity index (χ1) is 20.3. The fourth-order valence-electron chi connectivity index (χ4n) is 3.13. The largest absolute Gasteiger partial charge is 0.373 e. The maximum Gasteiger partial charge on any atom is 0.373 e. The molecule has 0 bridgehead atoms. The van der Waals surface area contributed by atoms with Crippen LogP contribution in [0.4, 0.5) is 0 Å². The monoisotopic (exact) mass is 590 g/mol. The first kappa shape index (κ1) is 34.0. The van der Waals surface area contributed by atoms with Crippen molar-refractivity contribution in [1.29, 1.82) is 0 Å². The number of hydrogen-bond donors (Lipinski definition) is 0. The van der Waals surface area contributed by atoms with Crippen LogP contribution in [0.25, 0.3) is 0 Å². The SMILES string of the molecule is CCCOOC(=O)c1ccc(C(=O)c2ccc(C(=O)OOCCC)c(C(=O)OOCCC)c2)cc1C(=O)OOCCC. The average molecular weight is 591 g/mol. The lowest BCUT2D eigenvalue weighted by molar-refractivity contribution is -0.242. The molecule has 0 saturated heterocycles. The van der Waals surface area contributed by atoms with Gasteiger partial charge in [0.25, 0.3) is 0 Å². The van der Waals surface area contributed by atoms with E-state index in [2.05, 4.69) is 0 Å². The van der Waals surface area contributed by atoms with Crippen molar-refractivity contribution in [1.82, 2.24) is 0 Å². The molecule has 0 N–H and O–H groups in total. The fraction of sp³-hybridized carbons (Fsp3) is 0.414. The van der Waals surface area contributed by atoms with Gasteiger partial charge in [0, 0.05) is 11.1 Å². The first-order valence-corrected chi connectivity index (χ1v) is 13.5. The Bertz CT molecular complexity index is 1140. The Morgan fingerprint density at radius 2 is 0.738 bits per heavy atom.